The molecule has 1 fully saturated rings. The van der Waals surface area contributed by atoms with E-state index in [1.165, 1.54) is 32.1 Å². The van der Waals surface area contributed by atoms with Crippen molar-refractivity contribution in [3.63, 3.8) is 0 Å². The summed E-state index contributed by atoms with van der Waals surface area (Å²) in [5.74, 6) is 1.08. The first-order chi connectivity index (χ1) is 13.6. The fraction of sp³-hybridized carbons (Fsp3) is 0.714. The van der Waals surface area contributed by atoms with Gasteiger partial charge in [-0.05, 0) is 59.1 Å². The highest BCUT2D eigenvalue weighted by Crippen LogP contribution is 2.16. The Hall–Kier alpha value is -2.02. The van der Waals surface area contributed by atoms with Crippen molar-refractivity contribution in [1.82, 2.24) is 20.9 Å². The molecule has 7 heteroatoms. The first-order valence-corrected chi connectivity index (χ1v) is 10.7. The van der Waals surface area contributed by atoms with Crippen LogP contribution in [0.1, 0.15) is 62.1 Å². The van der Waals surface area contributed by atoms with Crippen molar-refractivity contribution in [3.05, 3.63) is 23.7 Å². The molecule has 3 N–H and O–H groups in total. The number of guanidine groups is 1. The van der Waals surface area contributed by atoms with E-state index in [9.17, 15) is 4.79 Å². The molecule has 0 radical (unpaired) electrons. The van der Waals surface area contributed by atoms with Gasteiger partial charge in [0, 0.05) is 44.3 Å². The van der Waals surface area contributed by atoms with E-state index in [0.717, 1.165) is 50.0 Å². The lowest BCUT2D eigenvalue weighted by Gasteiger charge is -2.33. The van der Waals surface area contributed by atoms with Crippen LogP contribution in [0.15, 0.2) is 21.7 Å². The van der Waals surface area contributed by atoms with Crippen molar-refractivity contribution in [1.29, 1.82) is 0 Å². The minimum absolute atomic E-state index is 0.163. The second-order valence-electron chi connectivity index (χ2n) is 7.46. The third-order valence-electron chi connectivity index (χ3n) is 5.16. The Balaban J connectivity index is 1.61. The number of likely N-dealkylation sites (tertiary alicyclic amines) is 1. The van der Waals surface area contributed by atoms with E-state index in [-0.39, 0.29) is 5.91 Å². The lowest BCUT2D eigenvalue weighted by molar-refractivity contribution is 0.0925. The molecule has 0 aromatic carbocycles. The summed E-state index contributed by atoms with van der Waals surface area (Å²) in [5, 5.41) is 9.57. The first-order valence-electron chi connectivity index (χ1n) is 10.7. The fourth-order valence-electron chi connectivity index (χ4n) is 3.48. The quantitative estimate of drug-likeness (QED) is 0.324. The number of nitrogens with one attached hydrogen (secondary N) is 3. The van der Waals surface area contributed by atoms with E-state index >= 15 is 0 Å². The van der Waals surface area contributed by atoms with Crippen LogP contribution in [0.4, 0.5) is 0 Å². The number of piperidine rings is 1. The van der Waals surface area contributed by atoms with Gasteiger partial charge in [0.05, 0.1) is 6.26 Å². The standard InChI is InChI=1S/C21H37N5O2/c1-4-22-21(25-13-8-15-26-14-6-5-9-18(26)3)24-12-7-11-23-20(27)19-17(2)10-16-28-19/h10,16,18H,4-9,11-15H2,1-3H3,(H,23,27)(H2,22,24,25). The number of rotatable bonds is 10. The minimum Gasteiger partial charge on any atom is -0.459 e. The molecule has 0 saturated carbocycles. The highest BCUT2D eigenvalue weighted by atomic mass is 16.3. The van der Waals surface area contributed by atoms with E-state index < -0.39 is 0 Å². The molecule has 1 amide bonds. The van der Waals surface area contributed by atoms with E-state index in [2.05, 4.69) is 39.7 Å². The van der Waals surface area contributed by atoms with E-state index in [1.807, 2.05) is 6.92 Å². The van der Waals surface area contributed by atoms with Crippen molar-refractivity contribution in [2.45, 2.75) is 58.9 Å². The highest BCUT2D eigenvalue weighted by molar-refractivity contribution is 5.92. The number of carbonyl (C=O) groups is 1. The Morgan fingerprint density at radius 1 is 1.25 bits per heavy atom. The molecule has 1 aliphatic heterocycles. The van der Waals surface area contributed by atoms with Crippen molar-refractivity contribution in [2.24, 2.45) is 4.99 Å². The maximum Gasteiger partial charge on any atom is 0.287 e. The molecule has 1 aromatic heterocycles. The predicted octanol–water partition coefficient (Wildman–Crippen LogP) is 2.53. The number of aryl methyl sites for hydroxylation is 1. The van der Waals surface area contributed by atoms with E-state index in [1.54, 1.807) is 6.07 Å². The third-order valence-corrected chi connectivity index (χ3v) is 5.16. The van der Waals surface area contributed by atoms with Crippen molar-refractivity contribution in [3.8, 4) is 0 Å². The summed E-state index contributed by atoms with van der Waals surface area (Å²) in [6.45, 7) is 11.6. The molecule has 28 heavy (non-hydrogen) atoms. The topological polar surface area (TPSA) is 81.9 Å². The molecule has 1 unspecified atom stereocenters. The number of hydrogen-bond donors (Lipinski definition) is 3. The SMILES string of the molecule is CCNC(=NCCCNC(=O)c1occc1C)NCCCN1CCCCC1C. The first kappa shape index (κ1) is 22.3. The molecular formula is C21H37N5O2. The van der Waals surface area contributed by atoms with E-state index in [4.69, 9.17) is 4.42 Å². The molecule has 1 aromatic rings. The zero-order valence-electron chi connectivity index (χ0n) is 17.7. The Labute approximate surface area is 169 Å². The number of amides is 1. The number of nitrogens with zero attached hydrogens (tertiary/aromatic N) is 2. The molecule has 0 spiro atoms. The molecule has 158 valence electrons. The molecule has 2 heterocycles. The van der Waals surface area contributed by atoms with Gasteiger partial charge in [-0.3, -0.25) is 9.79 Å². The summed E-state index contributed by atoms with van der Waals surface area (Å²) in [6, 6.07) is 2.51. The highest BCUT2D eigenvalue weighted by Gasteiger charge is 2.17. The normalized spacial score (nSPS) is 18.1. The zero-order valence-corrected chi connectivity index (χ0v) is 17.7. The van der Waals surface area contributed by atoms with Crippen LogP contribution in [0.3, 0.4) is 0 Å². The Morgan fingerprint density at radius 3 is 2.79 bits per heavy atom. The van der Waals surface area contributed by atoms with Gasteiger partial charge in [0.1, 0.15) is 0 Å². The van der Waals surface area contributed by atoms with Gasteiger partial charge < -0.3 is 25.3 Å². The Morgan fingerprint density at radius 2 is 2.07 bits per heavy atom. The molecule has 0 bridgehead atoms. The van der Waals surface area contributed by atoms with Gasteiger partial charge in [-0.2, -0.15) is 0 Å². The zero-order chi connectivity index (χ0) is 20.2. The summed E-state index contributed by atoms with van der Waals surface area (Å²) >= 11 is 0. The summed E-state index contributed by atoms with van der Waals surface area (Å²) in [5.41, 5.74) is 0.855. The summed E-state index contributed by atoms with van der Waals surface area (Å²) in [6.07, 6.45) is 7.47. The molecule has 1 aliphatic rings. The van der Waals surface area contributed by atoms with Gasteiger partial charge in [-0.1, -0.05) is 6.42 Å². The monoisotopic (exact) mass is 391 g/mol. The largest absolute Gasteiger partial charge is 0.459 e. The predicted molar refractivity (Wildman–Crippen MR) is 114 cm³/mol. The van der Waals surface area contributed by atoms with Crippen molar-refractivity contribution in [2.75, 3.05) is 39.3 Å². The fourth-order valence-corrected chi connectivity index (χ4v) is 3.48. The van der Waals surface area contributed by atoms with Crippen LogP contribution in [0.5, 0.6) is 0 Å². The molecule has 1 saturated heterocycles. The number of furan rings is 1. The van der Waals surface area contributed by atoms with Crippen LogP contribution < -0.4 is 16.0 Å². The van der Waals surface area contributed by atoms with Gasteiger partial charge >= 0.3 is 0 Å². The minimum atomic E-state index is -0.163. The summed E-state index contributed by atoms with van der Waals surface area (Å²) in [4.78, 5) is 19.2. The summed E-state index contributed by atoms with van der Waals surface area (Å²) in [7, 11) is 0. The average Bonchev–Trinajstić information content (AvgIpc) is 3.12. The number of hydrogen-bond acceptors (Lipinski definition) is 4. The van der Waals surface area contributed by atoms with Gasteiger partial charge in [-0.15, -0.1) is 0 Å². The maximum atomic E-state index is 12.0. The Bertz CT molecular complexity index is 614. The molecule has 2 rings (SSSR count). The maximum absolute atomic E-state index is 12.0. The smallest absolute Gasteiger partial charge is 0.287 e. The number of carbonyl (C=O) groups excluding carboxylic acids is 1. The lowest BCUT2D eigenvalue weighted by Crippen LogP contribution is -2.41. The van der Waals surface area contributed by atoms with Gasteiger partial charge in [0.2, 0.25) is 0 Å². The van der Waals surface area contributed by atoms with Crippen LogP contribution in [-0.2, 0) is 0 Å². The average molecular weight is 392 g/mol. The molecular weight excluding hydrogens is 354 g/mol. The van der Waals surface area contributed by atoms with Gasteiger partial charge in [0.25, 0.3) is 5.91 Å². The van der Waals surface area contributed by atoms with Gasteiger partial charge in [0.15, 0.2) is 11.7 Å². The number of aliphatic imine (C=N–C) groups is 1. The van der Waals surface area contributed by atoms with Crippen LogP contribution in [-0.4, -0.2) is 62.1 Å². The van der Waals surface area contributed by atoms with Gasteiger partial charge in [-0.25, -0.2) is 0 Å². The van der Waals surface area contributed by atoms with Crippen LogP contribution in [0.25, 0.3) is 0 Å². The molecule has 1 atom stereocenters. The van der Waals surface area contributed by atoms with Crippen molar-refractivity contribution < 1.29 is 9.21 Å². The van der Waals surface area contributed by atoms with Crippen molar-refractivity contribution >= 4 is 11.9 Å². The van der Waals surface area contributed by atoms with Crippen LogP contribution in [0, 0.1) is 6.92 Å². The van der Waals surface area contributed by atoms with Crippen LogP contribution in [0.2, 0.25) is 0 Å². The van der Waals surface area contributed by atoms with E-state index in [0.29, 0.717) is 18.8 Å². The second-order valence-corrected chi connectivity index (χ2v) is 7.46. The Kier molecular flexibility index (Phi) is 9.90. The second kappa shape index (κ2) is 12.4. The third kappa shape index (κ3) is 7.54. The lowest BCUT2D eigenvalue weighted by atomic mass is 10.0. The van der Waals surface area contributed by atoms with Crippen LogP contribution >= 0.6 is 0 Å². The summed E-state index contributed by atoms with van der Waals surface area (Å²) < 4.78 is 5.20. The molecule has 7 nitrogen and oxygen atoms in total. The molecule has 0 aliphatic carbocycles.